The summed E-state index contributed by atoms with van der Waals surface area (Å²) in [5.41, 5.74) is 1.68. The predicted molar refractivity (Wildman–Crippen MR) is 117 cm³/mol. The van der Waals surface area contributed by atoms with Crippen LogP contribution in [0.15, 0.2) is 36.4 Å². The fourth-order valence-electron chi connectivity index (χ4n) is 5.12. The highest BCUT2D eigenvalue weighted by Crippen LogP contribution is 2.35. The van der Waals surface area contributed by atoms with E-state index in [2.05, 4.69) is 5.32 Å². The van der Waals surface area contributed by atoms with Crippen molar-refractivity contribution in [1.29, 1.82) is 0 Å². The van der Waals surface area contributed by atoms with Crippen LogP contribution in [0.2, 0.25) is 0 Å². The molecule has 2 fully saturated rings. The van der Waals surface area contributed by atoms with E-state index >= 15 is 4.39 Å². The van der Waals surface area contributed by atoms with Gasteiger partial charge in [-0.2, -0.15) is 0 Å². The van der Waals surface area contributed by atoms with E-state index in [0.29, 0.717) is 37.1 Å². The second kappa shape index (κ2) is 8.62. The van der Waals surface area contributed by atoms with Gasteiger partial charge in [0.15, 0.2) is 0 Å². The van der Waals surface area contributed by atoms with Crippen molar-refractivity contribution in [1.82, 2.24) is 15.1 Å². The summed E-state index contributed by atoms with van der Waals surface area (Å²) >= 11 is 0. The molecule has 7 nitrogen and oxygen atoms in total. The third-order valence-corrected chi connectivity index (χ3v) is 6.93. The van der Waals surface area contributed by atoms with Crippen molar-refractivity contribution in [2.24, 2.45) is 0 Å². The zero-order chi connectivity index (χ0) is 24.0. The average Bonchev–Trinajstić information content (AvgIpc) is 3.13. The maximum atomic E-state index is 15.0. The Morgan fingerprint density at radius 1 is 1.00 bits per heavy atom. The first kappa shape index (κ1) is 22.2. The van der Waals surface area contributed by atoms with E-state index in [-0.39, 0.29) is 48.2 Å². The van der Waals surface area contributed by atoms with Gasteiger partial charge >= 0.3 is 0 Å². The van der Waals surface area contributed by atoms with Crippen molar-refractivity contribution in [3.63, 3.8) is 0 Å². The zero-order valence-electron chi connectivity index (χ0n) is 18.4. The molecule has 3 aliphatic heterocycles. The predicted octanol–water partition coefficient (Wildman–Crippen LogP) is 2.75. The molecule has 1 atom stereocenters. The van der Waals surface area contributed by atoms with Crippen molar-refractivity contribution >= 4 is 23.6 Å². The van der Waals surface area contributed by atoms with Crippen LogP contribution < -0.4 is 5.32 Å². The number of halogens is 2. The summed E-state index contributed by atoms with van der Waals surface area (Å²) in [5.74, 6) is -2.60. The van der Waals surface area contributed by atoms with Gasteiger partial charge in [0, 0.05) is 37.2 Å². The minimum Gasteiger partial charge on any atom is -0.339 e. The molecule has 34 heavy (non-hydrogen) atoms. The van der Waals surface area contributed by atoms with Gasteiger partial charge in [0.05, 0.1) is 0 Å². The van der Waals surface area contributed by atoms with E-state index in [1.807, 2.05) is 0 Å². The number of likely N-dealkylation sites (tertiary alicyclic amines) is 1. The first-order valence-electron chi connectivity index (χ1n) is 11.3. The van der Waals surface area contributed by atoms with Gasteiger partial charge in [-0.3, -0.25) is 24.5 Å². The molecule has 0 bridgehead atoms. The largest absolute Gasteiger partial charge is 0.339 e. The molecule has 5 rings (SSSR count). The number of rotatable bonds is 3. The van der Waals surface area contributed by atoms with E-state index < -0.39 is 29.5 Å². The van der Waals surface area contributed by atoms with E-state index in [0.717, 1.165) is 0 Å². The number of hydrogen-bond donors (Lipinski definition) is 1. The Kier molecular flexibility index (Phi) is 5.63. The number of imide groups is 1. The van der Waals surface area contributed by atoms with Crippen LogP contribution in [0.25, 0.3) is 0 Å². The van der Waals surface area contributed by atoms with Crippen LogP contribution in [0, 0.1) is 11.6 Å². The number of carbonyl (C=O) groups is 4. The summed E-state index contributed by atoms with van der Waals surface area (Å²) in [7, 11) is 0. The second-order valence-corrected chi connectivity index (χ2v) is 9.01. The van der Waals surface area contributed by atoms with Gasteiger partial charge in [-0.1, -0.05) is 12.1 Å². The lowest BCUT2D eigenvalue weighted by Gasteiger charge is -2.32. The number of amides is 4. The molecular weight excluding hydrogens is 444 g/mol. The highest BCUT2D eigenvalue weighted by molar-refractivity contribution is 6.05. The van der Waals surface area contributed by atoms with Crippen LogP contribution >= 0.6 is 0 Å². The number of carbonyl (C=O) groups excluding carboxylic acids is 4. The molecule has 0 aliphatic carbocycles. The zero-order valence-corrected chi connectivity index (χ0v) is 18.4. The molecule has 0 radical (unpaired) electrons. The molecule has 3 heterocycles. The Balaban J connectivity index is 1.29. The van der Waals surface area contributed by atoms with Gasteiger partial charge in [-0.15, -0.1) is 0 Å². The summed E-state index contributed by atoms with van der Waals surface area (Å²) in [6.07, 6.45) is 1.49. The normalized spacial score (nSPS) is 21.0. The summed E-state index contributed by atoms with van der Waals surface area (Å²) in [4.78, 5) is 52.2. The molecule has 176 valence electrons. The van der Waals surface area contributed by atoms with Crippen molar-refractivity contribution in [3.8, 4) is 0 Å². The molecule has 2 aromatic rings. The average molecular weight is 467 g/mol. The van der Waals surface area contributed by atoms with Crippen molar-refractivity contribution in [2.45, 2.75) is 44.2 Å². The smallest absolute Gasteiger partial charge is 0.255 e. The Morgan fingerprint density at radius 3 is 2.47 bits per heavy atom. The van der Waals surface area contributed by atoms with E-state index in [4.69, 9.17) is 0 Å². The van der Waals surface area contributed by atoms with Crippen LogP contribution in [0.1, 0.15) is 63.4 Å². The van der Waals surface area contributed by atoms with Gasteiger partial charge in [0.2, 0.25) is 11.8 Å². The maximum absolute atomic E-state index is 15.0. The first-order chi connectivity index (χ1) is 16.3. The number of piperidine rings is 2. The number of fused-ring (bicyclic) bond motifs is 1. The molecule has 3 aliphatic rings. The lowest BCUT2D eigenvalue weighted by molar-refractivity contribution is -0.136. The van der Waals surface area contributed by atoms with Gasteiger partial charge in [-0.05, 0) is 60.6 Å². The Labute approximate surface area is 194 Å². The quantitative estimate of drug-likeness (QED) is 0.704. The summed E-state index contributed by atoms with van der Waals surface area (Å²) in [6.45, 7) is 1.01. The molecule has 2 aromatic carbocycles. The molecular formula is C25H23F2N3O4. The van der Waals surface area contributed by atoms with Crippen molar-refractivity contribution in [2.75, 3.05) is 13.1 Å². The SMILES string of the molecule is O=C1CCC(N2Cc3cc(C4CCN(C(=O)c5cccc(F)c5)CC4)c(F)cc3C2=O)C(=O)N1. The van der Waals surface area contributed by atoms with E-state index in [1.54, 1.807) is 17.0 Å². The van der Waals surface area contributed by atoms with E-state index in [1.165, 1.54) is 29.2 Å². The van der Waals surface area contributed by atoms with Crippen molar-refractivity contribution in [3.05, 3.63) is 70.3 Å². The Hall–Kier alpha value is -3.62. The monoisotopic (exact) mass is 467 g/mol. The first-order valence-corrected chi connectivity index (χ1v) is 11.3. The number of nitrogens with zero attached hydrogens (tertiary/aromatic N) is 2. The molecule has 0 spiro atoms. The molecule has 4 amide bonds. The third kappa shape index (κ3) is 3.95. The minimum atomic E-state index is -0.749. The molecule has 1 unspecified atom stereocenters. The van der Waals surface area contributed by atoms with Gasteiger partial charge in [0.25, 0.3) is 11.8 Å². The fraction of sp³-hybridized carbons (Fsp3) is 0.360. The standard InChI is InChI=1S/C25H23F2N3O4/c26-17-3-1-2-15(10-17)24(33)29-8-6-14(7-9-29)18-11-16-13-30(25(34)19(16)12-20(18)27)21-4-5-22(31)28-23(21)32/h1-3,10-12,14,21H,4-9,13H2,(H,28,31,32). The summed E-state index contributed by atoms with van der Waals surface area (Å²) in [6, 6.07) is 7.75. The molecule has 9 heteroatoms. The molecule has 0 aromatic heterocycles. The van der Waals surface area contributed by atoms with Crippen LogP contribution in [-0.4, -0.2) is 52.6 Å². The topological polar surface area (TPSA) is 86.8 Å². The van der Waals surface area contributed by atoms with Crippen LogP contribution in [-0.2, 0) is 16.1 Å². The van der Waals surface area contributed by atoms with E-state index in [9.17, 15) is 23.6 Å². The van der Waals surface area contributed by atoms with Crippen LogP contribution in [0.5, 0.6) is 0 Å². The maximum Gasteiger partial charge on any atom is 0.255 e. The highest BCUT2D eigenvalue weighted by Gasteiger charge is 2.40. The Bertz CT molecular complexity index is 1210. The van der Waals surface area contributed by atoms with Gasteiger partial charge < -0.3 is 9.80 Å². The highest BCUT2D eigenvalue weighted by atomic mass is 19.1. The second-order valence-electron chi connectivity index (χ2n) is 9.01. The lowest BCUT2D eigenvalue weighted by Crippen LogP contribution is -2.52. The molecule has 2 saturated heterocycles. The van der Waals surface area contributed by atoms with Gasteiger partial charge in [0.1, 0.15) is 17.7 Å². The van der Waals surface area contributed by atoms with Crippen molar-refractivity contribution < 1.29 is 28.0 Å². The number of hydrogen-bond acceptors (Lipinski definition) is 4. The minimum absolute atomic E-state index is 0.124. The lowest BCUT2D eigenvalue weighted by atomic mass is 9.87. The van der Waals surface area contributed by atoms with Crippen LogP contribution in [0.4, 0.5) is 8.78 Å². The van der Waals surface area contributed by atoms with Gasteiger partial charge in [-0.25, -0.2) is 8.78 Å². The number of benzene rings is 2. The third-order valence-electron chi connectivity index (χ3n) is 6.93. The molecule has 1 N–H and O–H groups in total. The molecule has 0 saturated carbocycles. The fourth-order valence-corrected chi connectivity index (χ4v) is 5.12. The van der Waals surface area contributed by atoms with Crippen LogP contribution in [0.3, 0.4) is 0 Å². The summed E-state index contributed by atoms with van der Waals surface area (Å²) in [5, 5.41) is 2.26. The summed E-state index contributed by atoms with van der Waals surface area (Å²) < 4.78 is 28.5. The number of nitrogens with one attached hydrogen (secondary N) is 1. The Morgan fingerprint density at radius 2 is 1.76 bits per heavy atom.